The maximum atomic E-state index is 10.9. The summed E-state index contributed by atoms with van der Waals surface area (Å²) >= 11 is 0. The van der Waals surface area contributed by atoms with Crippen LogP contribution in [-0.2, 0) is 9.53 Å². The molecule has 0 radical (unpaired) electrons. The van der Waals surface area contributed by atoms with E-state index in [4.69, 9.17) is 14.3 Å². The molecule has 4 heteroatoms. The minimum Gasteiger partial charge on any atom is -0.479 e. The second kappa shape index (κ2) is 3.13. The average Bonchev–Trinajstić information content (AvgIpc) is 2.72. The van der Waals surface area contributed by atoms with Crippen molar-refractivity contribution in [2.45, 2.75) is 31.5 Å². The molecule has 2 heterocycles. The maximum Gasteiger partial charge on any atom is 0.335 e. The molecule has 1 aromatic heterocycles. The van der Waals surface area contributed by atoms with Crippen LogP contribution in [0.4, 0.5) is 0 Å². The van der Waals surface area contributed by atoms with Gasteiger partial charge < -0.3 is 14.3 Å². The fourth-order valence-electron chi connectivity index (χ4n) is 1.69. The first kappa shape index (κ1) is 9.27. The van der Waals surface area contributed by atoms with Gasteiger partial charge in [0.2, 0.25) is 0 Å². The highest BCUT2D eigenvalue weighted by Crippen LogP contribution is 2.39. The molecule has 1 N–H and O–H groups in total. The molecule has 1 aromatic rings. The molecule has 2 atom stereocenters. The van der Waals surface area contributed by atoms with Crippen molar-refractivity contribution < 1.29 is 19.1 Å². The number of rotatable bonds is 2. The van der Waals surface area contributed by atoms with Gasteiger partial charge in [0.1, 0.15) is 0 Å². The first-order valence-corrected chi connectivity index (χ1v) is 4.55. The largest absolute Gasteiger partial charge is 0.479 e. The van der Waals surface area contributed by atoms with E-state index in [-0.39, 0.29) is 6.10 Å². The third kappa shape index (κ3) is 1.42. The van der Waals surface area contributed by atoms with Gasteiger partial charge in [-0.05, 0) is 25.8 Å². The van der Waals surface area contributed by atoms with Crippen LogP contribution in [0.25, 0.3) is 0 Å². The predicted octanol–water partition coefficient (Wildman–Crippen LogP) is 1.97. The first-order chi connectivity index (χ1) is 6.62. The molecule has 1 aliphatic rings. The second-order valence-corrected chi connectivity index (χ2v) is 3.74. The van der Waals surface area contributed by atoms with E-state index in [0.717, 1.165) is 12.0 Å². The van der Waals surface area contributed by atoms with Crippen molar-refractivity contribution in [2.75, 3.05) is 0 Å². The van der Waals surface area contributed by atoms with E-state index in [9.17, 15) is 4.79 Å². The fraction of sp³-hybridized carbons (Fsp3) is 0.500. The average molecular weight is 196 g/mol. The third-order valence-electron chi connectivity index (χ3n) is 2.65. The van der Waals surface area contributed by atoms with Crippen LogP contribution in [-0.4, -0.2) is 16.7 Å². The zero-order valence-corrected chi connectivity index (χ0v) is 7.90. The van der Waals surface area contributed by atoms with Gasteiger partial charge in [0.05, 0.1) is 18.6 Å². The number of carboxylic acid groups (broad SMARTS) is 1. The Balaban J connectivity index is 2.12. The lowest BCUT2D eigenvalue weighted by Crippen LogP contribution is -2.34. The monoisotopic (exact) mass is 196 g/mol. The molecule has 0 aliphatic carbocycles. The summed E-state index contributed by atoms with van der Waals surface area (Å²) in [5, 5.41) is 8.94. The van der Waals surface area contributed by atoms with Crippen molar-refractivity contribution in [1.29, 1.82) is 0 Å². The summed E-state index contributed by atoms with van der Waals surface area (Å²) in [5.74, 6) is -0.900. The van der Waals surface area contributed by atoms with Crippen molar-refractivity contribution in [1.82, 2.24) is 0 Å². The number of hydrogen-bond donors (Lipinski definition) is 1. The van der Waals surface area contributed by atoms with E-state index in [1.165, 1.54) is 0 Å². The van der Waals surface area contributed by atoms with Crippen LogP contribution in [0.5, 0.6) is 0 Å². The Labute approximate surface area is 81.5 Å². The van der Waals surface area contributed by atoms with Crippen LogP contribution in [0.3, 0.4) is 0 Å². The van der Waals surface area contributed by atoms with Crippen molar-refractivity contribution in [3.05, 3.63) is 24.2 Å². The molecule has 0 spiro atoms. The Bertz CT molecular complexity index is 330. The van der Waals surface area contributed by atoms with E-state index < -0.39 is 11.6 Å². The molecule has 0 saturated carbocycles. The van der Waals surface area contributed by atoms with Crippen LogP contribution >= 0.6 is 0 Å². The lowest BCUT2D eigenvalue weighted by molar-refractivity contribution is -0.162. The zero-order chi connectivity index (χ0) is 10.2. The molecule has 4 nitrogen and oxygen atoms in total. The smallest absolute Gasteiger partial charge is 0.335 e. The quantitative estimate of drug-likeness (QED) is 0.785. The normalized spacial score (nSPS) is 31.9. The highest BCUT2D eigenvalue weighted by Gasteiger charge is 2.43. The Kier molecular flexibility index (Phi) is 2.07. The third-order valence-corrected chi connectivity index (χ3v) is 2.65. The topological polar surface area (TPSA) is 59.7 Å². The summed E-state index contributed by atoms with van der Waals surface area (Å²) in [4.78, 5) is 10.9. The van der Waals surface area contributed by atoms with E-state index in [2.05, 4.69) is 0 Å². The van der Waals surface area contributed by atoms with Gasteiger partial charge in [-0.1, -0.05) is 0 Å². The van der Waals surface area contributed by atoms with Crippen LogP contribution in [0.15, 0.2) is 23.0 Å². The molecule has 1 fully saturated rings. The molecule has 2 rings (SSSR count). The van der Waals surface area contributed by atoms with Gasteiger partial charge in [-0.15, -0.1) is 0 Å². The van der Waals surface area contributed by atoms with Gasteiger partial charge in [-0.3, -0.25) is 0 Å². The van der Waals surface area contributed by atoms with Gasteiger partial charge in [0.25, 0.3) is 0 Å². The molecule has 14 heavy (non-hydrogen) atoms. The SMILES string of the molecule is CC1(C(=O)O)CCC(c2ccoc2)O1. The molecular formula is C10H12O4. The minimum absolute atomic E-state index is 0.144. The molecule has 1 aliphatic heterocycles. The first-order valence-electron chi connectivity index (χ1n) is 4.55. The highest BCUT2D eigenvalue weighted by atomic mass is 16.5. The highest BCUT2D eigenvalue weighted by molar-refractivity contribution is 5.77. The lowest BCUT2D eigenvalue weighted by Gasteiger charge is -2.18. The van der Waals surface area contributed by atoms with E-state index in [0.29, 0.717) is 6.42 Å². The summed E-state index contributed by atoms with van der Waals surface area (Å²) in [6.45, 7) is 1.61. The van der Waals surface area contributed by atoms with Gasteiger partial charge >= 0.3 is 5.97 Å². The standard InChI is InChI=1S/C10H12O4/c1-10(9(11)12)4-2-8(14-10)7-3-5-13-6-7/h3,5-6,8H,2,4H2,1H3,(H,11,12). The Morgan fingerprint density at radius 2 is 2.50 bits per heavy atom. The van der Waals surface area contributed by atoms with Crippen LogP contribution in [0, 0.1) is 0 Å². The predicted molar refractivity (Wildman–Crippen MR) is 47.8 cm³/mol. The summed E-state index contributed by atoms with van der Waals surface area (Å²) in [6, 6.07) is 1.80. The Morgan fingerprint density at radius 3 is 3.00 bits per heavy atom. The molecule has 0 bridgehead atoms. The maximum absolute atomic E-state index is 10.9. The van der Waals surface area contributed by atoms with Crippen LogP contribution in [0.1, 0.15) is 31.4 Å². The number of ether oxygens (including phenoxy) is 1. The number of carbonyl (C=O) groups is 1. The molecule has 1 saturated heterocycles. The zero-order valence-electron chi connectivity index (χ0n) is 7.90. The van der Waals surface area contributed by atoms with Crippen molar-refractivity contribution in [2.24, 2.45) is 0 Å². The molecule has 76 valence electrons. The Morgan fingerprint density at radius 1 is 1.71 bits per heavy atom. The minimum atomic E-state index is -1.04. The van der Waals surface area contributed by atoms with Crippen molar-refractivity contribution >= 4 is 5.97 Å². The van der Waals surface area contributed by atoms with Crippen molar-refractivity contribution in [3.8, 4) is 0 Å². The van der Waals surface area contributed by atoms with Crippen molar-refractivity contribution in [3.63, 3.8) is 0 Å². The summed E-state index contributed by atoms with van der Waals surface area (Å²) in [5.41, 5.74) is -0.128. The van der Waals surface area contributed by atoms with E-state index in [1.54, 1.807) is 25.5 Å². The summed E-state index contributed by atoms with van der Waals surface area (Å²) in [6.07, 6.45) is 4.28. The number of furan rings is 1. The number of aliphatic carboxylic acids is 1. The van der Waals surface area contributed by atoms with Gasteiger partial charge in [-0.25, -0.2) is 4.79 Å². The van der Waals surface area contributed by atoms with E-state index in [1.807, 2.05) is 0 Å². The van der Waals surface area contributed by atoms with Gasteiger partial charge in [0, 0.05) is 5.56 Å². The fourth-order valence-corrected chi connectivity index (χ4v) is 1.69. The Hall–Kier alpha value is -1.29. The van der Waals surface area contributed by atoms with Gasteiger partial charge in [-0.2, -0.15) is 0 Å². The number of hydrogen-bond acceptors (Lipinski definition) is 3. The second-order valence-electron chi connectivity index (χ2n) is 3.74. The molecule has 0 aromatic carbocycles. The van der Waals surface area contributed by atoms with Crippen LogP contribution in [0.2, 0.25) is 0 Å². The summed E-state index contributed by atoms with van der Waals surface area (Å²) < 4.78 is 10.4. The molecular weight excluding hydrogens is 184 g/mol. The van der Waals surface area contributed by atoms with Crippen LogP contribution < -0.4 is 0 Å². The molecule has 2 unspecified atom stereocenters. The van der Waals surface area contributed by atoms with E-state index >= 15 is 0 Å². The summed E-state index contributed by atoms with van der Waals surface area (Å²) in [7, 11) is 0. The molecule has 0 amide bonds. The van der Waals surface area contributed by atoms with Gasteiger partial charge in [0.15, 0.2) is 5.60 Å². The lowest BCUT2D eigenvalue weighted by atomic mass is 10.0. The number of carboxylic acids is 1.